The van der Waals surface area contributed by atoms with Crippen molar-refractivity contribution in [2.24, 2.45) is 0 Å². The molecule has 5 rings (SSSR count). The molecule has 0 unspecified atom stereocenters. The zero-order chi connectivity index (χ0) is 33.2. The molecule has 9 nitrogen and oxygen atoms in total. The number of ketones is 1. The highest BCUT2D eigenvalue weighted by molar-refractivity contribution is 7.89. The van der Waals surface area contributed by atoms with E-state index in [-0.39, 0.29) is 53.2 Å². The van der Waals surface area contributed by atoms with Crippen LogP contribution in [-0.4, -0.2) is 50.8 Å². The minimum Gasteiger partial charge on any atom is -0.464 e. The highest BCUT2D eigenvalue weighted by atomic mass is 35.5. The molecule has 0 saturated heterocycles. The molecule has 2 heterocycles. The molecule has 1 N–H and O–H groups in total. The van der Waals surface area contributed by atoms with Crippen molar-refractivity contribution in [1.29, 1.82) is 0 Å². The number of Topliss-reactive ketones (excluding diaryl/α,β-unsaturated/α-hetero) is 1. The van der Waals surface area contributed by atoms with Crippen LogP contribution >= 0.6 is 11.6 Å². The van der Waals surface area contributed by atoms with Crippen molar-refractivity contribution in [3.05, 3.63) is 118 Å². The average molecular weight is 671 g/mol. The largest absolute Gasteiger partial charge is 0.464 e. The lowest BCUT2D eigenvalue weighted by Crippen LogP contribution is -2.37. The van der Waals surface area contributed by atoms with Crippen LogP contribution in [0.2, 0.25) is 5.02 Å². The van der Waals surface area contributed by atoms with E-state index in [1.54, 1.807) is 66.1 Å². The van der Waals surface area contributed by atoms with Gasteiger partial charge in [-0.15, -0.1) is 0 Å². The molecular formula is C32H26ClF3N4O5S. The highest BCUT2D eigenvalue weighted by Crippen LogP contribution is 2.38. The summed E-state index contributed by atoms with van der Waals surface area (Å²) in [5.74, 6) is 0.0378. The number of rotatable bonds is 10. The van der Waals surface area contributed by atoms with Crippen molar-refractivity contribution in [3.63, 3.8) is 0 Å². The molecule has 0 aliphatic rings. The van der Waals surface area contributed by atoms with Crippen LogP contribution in [0, 0.1) is 6.92 Å². The molecule has 3 aromatic carbocycles. The van der Waals surface area contributed by atoms with Crippen LogP contribution in [0.1, 0.15) is 39.4 Å². The van der Waals surface area contributed by atoms with Crippen molar-refractivity contribution < 1.29 is 36.3 Å². The summed E-state index contributed by atoms with van der Waals surface area (Å²) in [5.41, 5.74) is 1.43. The number of carbonyl (C=O) groups excluding carboxylic acids is 1. The number of alkyl halides is 3. The maximum absolute atomic E-state index is 13.6. The fraction of sp³-hybridized carbons (Fsp3) is 0.188. The number of aryl methyl sites for hydroxylation is 2. The number of imidazole rings is 1. The lowest BCUT2D eigenvalue weighted by Gasteiger charge is -2.19. The first kappa shape index (κ1) is 32.6. The van der Waals surface area contributed by atoms with Crippen molar-refractivity contribution in [1.82, 2.24) is 18.8 Å². The van der Waals surface area contributed by atoms with Gasteiger partial charge in [0, 0.05) is 31.3 Å². The number of hydrogen-bond donors (Lipinski definition) is 1. The van der Waals surface area contributed by atoms with Gasteiger partial charge in [-0.2, -0.15) is 13.2 Å². The number of fused-ring (bicyclic) bond motifs is 1. The monoisotopic (exact) mass is 670 g/mol. The second-order valence-corrected chi connectivity index (χ2v) is 12.7. The van der Waals surface area contributed by atoms with Gasteiger partial charge in [-0.05, 0) is 67.4 Å². The lowest BCUT2D eigenvalue weighted by molar-refractivity contribution is -0.137. The lowest BCUT2D eigenvalue weighted by atomic mass is 10.1. The normalized spacial score (nSPS) is 11.9. The number of nitrogens with zero attached hydrogens (tertiary/aromatic N) is 4. The molecular weight excluding hydrogens is 645 g/mol. The standard InChI is InChI=1S/C32H26ClF3N4O5S/c1-20-5-11-23(12-6-20)46(44,45)39(31(42)43)17-15-21-7-9-22(10-8-21)40-28-19-25(33)24(32(34,35)36)18-27(28)38-30(40)14-13-29(41)26-4-2-3-16-37-26/h2-12,16,18-19H,13-15,17H2,1H3,(H,42,43). The topological polar surface area (TPSA) is 122 Å². The third-order valence-corrected chi connectivity index (χ3v) is 9.36. The number of carbonyl (C=O) groups is 2. The molecule has 14 heteroatoms. The van der Waals surface area contributed by atoms with Gasteiger partial charge < -0.3 is 5.11 Å². The van der Waals surface area contributed by atoms with Crippen molar-refractivity contribution in [2.45, 2.75) is 37.3 Å². The second-order valence-electron chi connectivity index (χ2n) is 10.4. The van der Waals surface area contributed by atoms with Crippen molar-refractivity contribution >= 4 is 44.5 Å². The Labute approximate surface area is 267 Å². The zero-order valence-corrected chi connectivity index (χ0v) is 25.8. The average Bonchev–Trinajstić information content (AvgIpc) is 3.36. The summed E-state index contributed by atoms with van der Waals surface area (Å²) in [4.78, 5) is 33.0. The Balaban J connectivity index is 1.44. The first-order valence-corrected chi connectivity index (χ1v) is 15.7. The van der Waals surface area contributed by atoms with Gasteiger partial charge in [-0.25, -0.2) is 22.5 Å². The highest BCUT2D eigenvalue weighted by Gasteiger charge is 2.34. The predicted molar refractivity (Wildman–Crippen MR) is 165 cm³/mol. The maximum Gasteiger partial charge on any atom is 0.421 e. The third kappa shape index (κ3) is 6.90. The summed E-state index contributed by atoms with van der Waals surface area (Å²) in [6.45, 7) is 1.43. The number of pyridine rings is 1. The van der Waals surface area contributed by atoms with Gasteiger partial charge in [0.1, 0.15) is 11.5 Å². The molecule has 0 fully saturated rings. The van der Waals surface area contributed by atoms with Gasteiger partial charge in [0.25, 0.3) is 10.0 Å². The number of carboxylic acid groups (broad SMARTS) is 1. The SMILES string of the molecule is Cc1ccc(S(=O)(=O)N(CCc2ccc(-n3c(CCC(=O)c4ccccn4)nc4cc(C(F)(F)F)c(Cl)cc43)cc2)C(=O)O)cc1. The summed E-state index contributed by atoms with van der Waals surface area (Å²) in [5, 5.41) is 9.17. The van der Waals surface area contributed by atoms with E-state index in [2.05, 4.69) is 9.97 Å². The Morgan fingerprint density at radius 1 is 0.978 bits per heavy atom. The number of amides is 1. The van der Waals surface area contributed by atoms with Gasteiger partial charge in [-0.3, -0.25) is 14.3 Å². The summed E-state index contributed by atoms with van der Waals surface area (Å²) < 4.78 is 68.8. The van der Waals surface area contributed by atoms with Crippen LogP contribution in [0.5, 0.6) is 0 Å². The first-order valence-electron chi connectivity index (χ1n) is 13.9. The molecule has 0 radical (unpaired) electrons. The Hall–Kier alpha value is -4.75. The Kier molecular flexibility index (Phi) is 9.17. The molecule has 0 aliphatic carbocycles. The Morgan fingerprint density at radius 2 is 1.67 bits per heavy atom. The van der Waals surface area contributed by atoms with Gasteiger partial charge >= 0.3 is 12.3 Å². The number of hydrogen-bond acceptors (Lipinski definition) is 6. The van der Waals surface area contributed by atoms with Crippen LogP contribution < -0.4 is 0 Å². The van der Waals surface area contributed by atoms with Crippen molar-refractivity contribution in [2.75, 3.05) is 6.54 Å². The van der Waals surface area contributed by atoms with E-state index in [1.807, 2.05) is 0 Å². The molecule has 0 bridgehead atoms. The van der Waals surface area contributed by atoms with Gasteiger partial charge in [0.2, 0.25) is 0 Å². The molecule has 2 aromatic heterocycles. The number of sulfonamides is 1. The van der Waals surface area contributed by atoms with E-state index < -0.39 is 32.9 Å². The number of aromatic nitrogens is 3. The minimum absolute atomic E-state index is 0.0151. The number of halogens is 4. The first-order chi connectivity index (χ1) is 21.8. The number of benzene rings is 3. The maximum atomic E-state index is 13.6. The smallest absolute Gasteiger partial charge is 0.421 e. The quantitative estimate of drug-likeness (QED) is 0.157. The van der Waals surface area contributed by atoms with Gasteiger partial charge in [0.15, 0.2) is 5.78 Å². The Bertz CT molecular complexity index is 2020. The predicted octanol–water partition coefficient (Wildman–Crippen LogP) is 7.13. The van der Waals surface area contributed by atoms with E-state index in [4.69, 9.17) is 11.6 Å². The molecule has 238 valence electrons. The third-order valence-electron chi connectivity index (χ3n) is 7.26. The molecule has 0 saturated carbocycles. The fourth-order valence-corrected chi connectivity index (χ4v) is 6.44. The summed E-state index contributed by atoms with van der Waals surface area (Å²) in [7, 11) is -4.32. The summed E-state index contributed by atoms with van der Waals surface area (Å²) in [6, 6.07) is 19.4. The van der Waals surface area contributed by atoms with Crippen LogP contribution in [-0.2, 0) is 29.0 Å². The van der Waals surface area contributed by atoms with Crippen LogP contribution in [0.3, 0.4) is 0 Å². The molecule has 0 spiro atoms. The molecule has 5 aromatic rings. The molecule has 0 atom stereocenters. The Morgan fingerprint density at radius 3 is 2.28 bits per heavy atom. The summed E-state index contributed by atoms with van der Waals surface area (Å²) >= 11 is 6.05. The van der Waals surface area contributed by atoms with E-state index >= 15 is 0 Å². The summed E-state index contributed by atoms with van der Waals surface area (Å²) in [6.07, 6.45) is -4.73. The van der Waals surface area contributed by atoms with E-state index in [1.165, 1.54) is 24.4 Å². The molecule has 1 amide bonds. The van der Waals surface area contributed by atoms with Crippen LogP contribution in [0.15, 0.2) is 90.0 Å². The van der Waals surface area contributed by atoms with E-state index in [9.17, 15) is 36.3 Å². The van der Waals surface area contributed by atoms with Crippen molar-refractivity contribution in [3.8, 4) is 5.69 Å². The van der Waals surface area contributed by atoms with E-state index in [0.29, 0.717) is 21.4 Å². The fourth-order valence-electron chi connectivity index (χ4n) is 4.90. The minimum atomic E-state index is -4.71. The van der Waals surface area contributed by atoms with Crippen LogP contribution in [0.25, 0.3) is 16.7 Å². The second kappa shape index (κ2) is 12.9. The van der Waals surface area contributed by atoms with Crippen LogP contribution in [0.4, 0.5) is 18.0 Å². The molecule has 0 aliphatic heterocycles. The zero-order valence-electron chi connectivity index (χ0n) is 24.2. The van der Waals surface area contributed by atoms with Gasteiger partial charge in [-0.1, -0.05) is 47.5 Å². The van der Waals surface area contributed by atoms with E-state index in [0.717, 1.165) is 11.6 Å². The van der Waals surface area contributed by atoms with Gasteiger partial charge in [0.05, 0.1) is 26.5 Å². The molecule has 46 heavy (non-hydrogen) atoms.